The number of fused-ring (bicyclic) bond motifs is 1. The van der Waals surface area contributed by atoms with Gasteiger partial charge in [-0.1, -0.05) is 6.07 Å². The summed E-state index contributed by atoms with van der Waals surface area (Å²) in [6.07, 6.45) is 3.18. The van der Waals surface area contributed by atoms with Gasteiger partial charge >= 0.3 is 0 Å². The van der Waals surface area contributed by atoms with Crippen LogP contribution in [0.4, 0.5) is 4.39 Å². The molecule has 100 valence electrons. The molecule has 20 heavy (non-hydrogen) atoms. The first-order valence-electron chi connectivity index (χ1n) is 6.01. The SMILES string of the molecule is COc1ccc(C(=O)c2cnn3ccccc23)c(F)c1. The van der Waals surface area contributed by atoms with Crippen LogP contribution in [0, 0.1) is 5.82 Å². The molecule has 3 aromatic rings. The lowest BCUT2D eigenvalue weighted by Gasteiger charge is -2.04. The fourth-order valence-electron chi connectivity index (χ4n) is 2.06. The number of ketones is 1. The van der Waals surface area contributed by atoms with E-state index in [1.807, 2.05) is 6.07 Å². The number of aromatic nitrogens is 2. The van der Waals surface area contributed by atoms with E-state index in [-0.39, 0.29) is 5.56 Å². The fourth-order valence-corrected chi connectivity index (χ4v) is 2.06. The number of ether oxygens (including phenoxy) is 1. The number of carbonyl (C=O) groups is 1. The molecular weight excluding hydrogens is 259 g/mol. The summed E-state index contributed by atoms with van der Waals surface area (Å²) in [4.78, 5) is 12.4. The molecule has 0 unspecified atom stereocenters. The molecule has 2 heterocycles. The molecule has 0 aliphatic carbocycles. The Bertz CT molecular complexity index is 795. The number of rotatable bonds is 3. The zero-order chi connectivity index (χ0) is 14.1. The van der Waals surface area contributed by atoms with Gasteiger partial charge in [0.25, 0.3) is 0 Å². The second kappa shape index (κ2) is 4.77. The number of carbonyl (C=O) groups excluding carboxylic acids is 1. The van der Waals surface area contributed by atoms with Crippen molar-refractivity contribution in [2.45, 2.75) is 0 Å². The number of methoxy groups -OCH3 is 1. The Kier molecular flexibility index (Phi) is 2.95. The van der Waals surface area contributed by atoms with Crippen molar-refractivity contribution in [1.82, 2.24) is 9.61 Å². The third kappa shape index (κ3) is 1.93. The Morgan fingerprint density at radius 1 is 1.25 bits per heavy atom. The molecule has 0 atom stereocenters. The molecule has 0 aliphatic rings. The standard InChI is InChI=1S/C15H11FN2O2/c1-20-10-5-6-11(13(16)8-10)15(19)12-9-17-18-7-3-2-4-14(12)18/h2-9H,1H3. The Morgan fingerprint density at radius 3 is 2.85 bits per heavy atom. The molecule has 3 rings (SSSR count). The smallest absolute Gasteiger partial charge is 0.199 e. The highest BCUT2D eigenvalue weighted by molar-refractivity contribution is 6.13. The molecule has 5 heteroatoms. The first kappa shape index (κ1) is 12.3. The second-order valence-corrected chi connectivity index (χ2v) is 4.26. The Morgan fingerprint density at radius 2 is 2.10 bits per heavy atom. The van der Waals surface area contributed by atoms with Gasteiger partial charge < -0.3 is 4.74 Å². The van der Waals surface area contributed by atoms with E-state index in [0.29, 0.717) is 16.8 Å². The van der Waals surface area contributed by atoms with Crippen molar-refractivity contribution in [2.75, 3.05) is 7.11 Å². The number of hydrogen-bond donors (Lipinski definition) is 0. The quantitative estimate of drug-likeness (QED) is 0.687. The van der Waals surface area contributed by atoms with Crippen LogP contribution in [-0.4, -0.2) is 22.5 Å². The maximum Gasteiger partial charge on any atom is 0.199 e. The van der Waals surface area contributed by atoms with Gasteiger partial charge in [-0.2, -0.15) is 5.10 Å². The van der Waals surface area contributed by atoms with Crippen LogP contribution in [0.3, 0.4) is 0 Å². The molecular formula is C15H11FN2O2. The summed E-state index contributed by atoms with van der Waals surface area (Å²) in [6.45, 7) is 0. The summed E-state index contributed by atoms with van der Waals surface area (Å²) in [5.74, 6) is -0.630. The highest BCUT2D eigenvalue weighted by atomic mass is 19.1. The van der Waals surface area contributed by atoms with Gasteiger partial charge in [-0.25, -0.2) is 8.91 Å². The van der Waals surface area contributed by atoms with Gasteiger partial charge in [0.05, 0.1) is 30.0 Å². The lowest BCUT2D eigenvalue weighted by Crippen LogP contribution is -2.04. The minimum absolute atomic E-state index is 0.00422. The highest BCUT2D eigenvalue weighted by Gasteiger charge is 2.18. The lowest BCUT2D eigenvalue weighted by molar-refractivity contribution is 0.103. The van der Waals surface area contributed by atoms with Gasteiger partial charge in [0.2, 0.25) is 0 Å². The molecule has 0 bridgehead atoms. The summed E-state index contributed by atoms with van der Waals surface area (Å²) in [5.41, 5.74) is 1.02. The van der Waals surface area contributed by atoms with E-state index >= 15 is 0 Å². The van der Waals surface area contributed by atoms with Crippen LogP contribution >= 0.6 is 0 Å². The third-order valence-electron chi connectivity index (χ3n) is 3.09. The first-order chi connectivity index (χ1) is 9.70. The summed E-state index contributed by atoms with van der Waals surface area (Å²) >= 11 is 0. The van der Waals surface area contributed by atoms with Gasteiger partial charge in [0, 0.05) is 12.3 Å². The molecule has 0 saturated heterocycles. The molecule has 1 aromatic carbocycles. The fraction of sp³-hybridized carbons (Fsp3) is 0.0667. The van der Waals surface area contributed by atoms with Crippen molar-refractivity contribution in [3.63, 3.8) is 0 Å². The molecule has 0 aliphatic heterocycles. The Hall–Kier alpha value is -2.69. The van der Waals surface area contributed by atoms with E-state index in [1.165, 1.54) is 25.4 Å². The molecule has 0 fully saturated rings. The van der Waals surface area contributed by atoms with Crippen LogP contribution in [0.1, 0.15) is 15.9 Å². The van der Waals surface area contributed by atoms with Crippen LogP contribution in [0.15, 0.2) is 48.8 Å². The van der Waals surface area contributed by atoms with E-state index in [9.17, 15) is 9.18 Å². The molecule has 0 amide bonds. The molecule has 0 spiro atoms. The number of pyridine rings is 1. The van der Waals surface area contributed by atoms with E-state index in [2.05, 4.69) is 5.10 Å². The number of hydrogen-bond acceptors (Lipinski definition) is 3. The lowest BCUT2D eigenvalue weighted by atomic mass is 10.0. The zero-order valence-electron chi connectivity index (χ0n) is 10.7. The average molecular weight is 270 g/mol. The second-order valence-electron chi connectivity index (χ2n) is 4.26. The van der Waals surface area contributed by atoms with Crippen molar-refractivity contribution < 1.29 is 13.9 Å². The summed E-state index contributed by atoms with van der Waals surface area (Å²) in [5, 5.41) is 4.08. The minimum Gasteiger partial charge on any atom is -0.497 e. The largest absolute Gasteiger partial charge is 0.497 e. The van der Waals surface area contributed by atoms with Crippen molar-refractivity contribution in [3.8, 4) is 5.75 Å². The van der Waals surface area contributed by atoms with Gasteiger partial charge in [-0.3, -0.25) is 4.79 Å². The number of benzene rings is 1. The number of halogens is 1. The molecule has 0 radical (unpaired) electrons. The highest BCUT2D eigenvalue weighted by Crippen LogP contribution is 2.21. The van der Waals surface area contributed by atoms with Gasteiger partial charge in [-0.05, 0) is 24.3 Å². The van der Waals surface area contributed by atoms with Gasteiger partial charge in [-0.15, -0.1) is 0 Å². The van der Waals surface area contributed by atoms with Crippen LogP contribution in [0.25, 0.3) is 5.52 Å². The van der Waals surface area contributed by atoms with E-state index in [1.54, 1.807) is 28.9 Å². The monoisotopic (exact) mass is 270 g/mol. The van der Waals surface area contributed by atoms with Crippen molar-refractivity contribution in [3.05, 3.63) is 65.7 Å². The predicted molar refractivity (Wildman–Crippen MR) is 71.6 cm³/mol. The van der Waals surface area contributed by atoms with Crippen LogP contribution in [0.5, 0.6) is 5.75 Å². The summed E-state index contributed by atoms with van der Waals surface area (Å²) < 4.78 is 20.5. The van der Waals surface area contributed by atoms with Crippen LogP contribution in [-0.2, 0) is 0 Å². The molecule has 0 saturated carbocycles. The molecule has 2 aromatic heterocycles. The van der Waals surface area contributed by atoms with Crippen molar-refractivity contribution in [2.24, 2.45) is 0 Å². The van der Waals surface area contributed by atoms with E-state index in [4.69, 9.17) is 4.74 Å². The zero-order valence-corrected chi connectivity index (χ0v) is 10.7. The van der Waals surface area contributed by atoms with E-state index in [0.717, 1.165) is 0 Å². The minimum atomic E-state index is -0.607. The number of nitrogens with zero attached hydrogens (tertiary/aromatic N) is 2. The Labute approximate surface area is 114 Å². The topological polar surface area (TPSA) is 43.6 Å². The molecule has 4 nitrogen and oxygen atoms in total. The van der Waals surface area contributed by atoms with Crippen molar-refractivity contribution in [1.29, 1.82) is 0 Å². The van der Waals surface area contributed by atoms with Gasteiger partial charge in [0.1, 0.15) is 11.6 Å². The predicted octanol–water partition coefficient (Wildman–Crippen LogP) is 2.71. The third-order valence-corrected chi connectivity index (χ3v) is 3.09. The summed E-state index contributed by atoms with van der Waals surface area (Å²) in [7, 11) is 1.45. The van der Waals surface area contributed by atoms with Crippen LogP contribution < -0.4 is 4.74 Å². The Balaban J connectivity index is 2.09. The maximum absolute atomic E-state index is 14.0. The van der Waals surface area contributed by atoms with E-state index < -0.39 is 11.6 Å². The van der Waals surface area contributed by atoms with Crippen molar-refractivity contribution >= 4 is 11.3 Å². The summed E-state index contributed by atoms with van der Waals surface area (Å²) in [6, 6.07) is 9.55. The molecule has 0 N–H and O–H groups in total. The van der Waals surface area contributed by atoms with Crippen LogP contribution in [0.2, 0.25) is 0 Å². The average Bonchev–Trinajstić information content (AvgIpc) is 2.90. The van der Waals surface area contributed by atoms with Gasteiger partial charge in [0.15, 0.2) is 5.78 Å². The first-order valence-corrected chi connectivity index (χ1v) is 6.01. The maximum atomic E-state index is 14.0. The normalized spacial score (nSPS) is 10.7.